The molecule has 1 saturated heterocycles. The topological polar surface area (TPSA) is 75.7 Å². The zero-order chi connectivity index (χ0) is 23.2. The second-order valence-electron chi connectivity index (χ2n) is 8.42. The van der Waals surface area contributed by atoms with Crippen LogP contribution in [0.4, 0.5) is 0 Å². The summed E-state index contributed by atoms with van der Waals surface area (Å²) in [4.78, 5) is 39.2. The molecule has 0 aromatic heterocycles. The van der Waals surface area contributed by atoms with Gasteiger partial charge in [-0.15, -0.1) is 0 Å². The number of halogens is 1. The lowest BCUT2D eigenvalue weighted by atomic mass is 10.1. The van der Waals surface area contributed by atoms with Gasteiger partial charge in [0.2, 0.25) is 5.91 Å². The summed E-state index contributed by atoms with van der Waals surface area (Å²) in [6, 6.07) is 6.42. The molecule has 1 atom stereocenters. The summed E-state index contributed by atoms with van der Waals surface area (Å²) in [6.07, 6.45) is 12.1. The van der Waals surface area contributed by atoms with Gasteiger partial charge in [-0.2, -0.15) is 0 Å². The van der Waals surface area contributed by atoms with Crippen LogP contribution >= 0.6 is 22.6 Å². The van der Waals surface area contributed by atoms with E-state index in [0.717, 1.165) is 22.8 Å². The molecule has 0 bridgehead atoms. The standard InChI is InChI=1S/C25H37IN2O4/c1-2-3-4-5-6-7-8-9-10-11-17-32-23(29)19-22-24(30)27-15-16-28(22)25(31)20-13-12-14-21(26)18-20/h12-14,18,22H,2-11,15-17,19H2,1H3,(H,27,30). The Morgan fingerprint density at radius 1 is 1.06 bits per heavy atom. The molecule has 7 heteroatoms. The Hall–Kier alpha value is -1.64. The van der Waals surface area contributed by atoms with Crippen LogP contribution in [-0.4, -0.2) is 48.4 Å². The molecule has 0 spiro atoms. The number of nitrogens with one attached hydrogen (secondary N) is 1. The van der Waals surface area contributed by atoms with Crippen molar-refractivity contribution in [1.29, 1.82) is 0 Å². The van der Waals surface area contributed by atoms with Gasteiger partial charge in [0.1, 0.15) is 6.04 Å². The number of hydrogen-bond acceptors (Lipinski definition) is 4. The van der Waals surface area contributed by atoms with Gasteiger partial charge in [-0.25, -0.2) is 0 Å². The third kappa shape index (κ3) is 9.46. The molecule has 1 aromatic rings. The van der Waals surface area contributed by atoms with Gasteiger partial charge >= 0.3 is 5.97 Å². The fourth-order valence-corrected chi connectivity index (χ4v) is 4.48. The van der Waals surface area contributed by atoms with E-state index in [1.165, 1.54) is 49.8 Å². The van der Waals surface area contributed by atoms with Crippen molar-refractivity contribution >= 4 is 40.4 Å². The van der Waals surface area contributed by atoms with Crippen LogP contribution < -0.4 is 5.32 Å². The van der Waals surface area contributed by atoms with E-state index in [1.54, 1.807) is 12.1 Å². The van der Waals surface area contributed by atoms with Crippen LogP contribution in [0, 0.1) is 3.57 Å². The minimum Gasteiger partial charge on any atom is -0.466 e. The van der Waals surface area contributed by atoms with Gasteiger partial charge in [-0.1, -0.05) is 70.8 Å². The lowest BCUT2D eigenvalue weighted by Gasteiger charge is -2.34. The molecule has 1 aliphatic heterocycles. The monoisotopic (exact) mass is 556 g/mol. The number of hydrogen-bond donors (Lipinski definition) is 1. The zero-order valence-electron chi connectivity index (χ0n) is 19.2. The molecular weight excluding hydrogens is 519 g/mol. The molecular formula is C25H37IN2O4. The summed E-state index contributed by atoms with van der Waals surface area (Å²) in [5.74, 6) is -0.958. The maximum absolute atomic E-state index is 12.9. The molecule has 1 heterocycles. The fraction of sp³-hybridized carbons (Fsp3) is 0.640. The highest BCUT2D eigenvalue weighted by Gasteiger charge is 2.35. The van der Waals surface area contributed by atoms with E-state index in [2.05, 4.69) is 34.8 Å². The van der Waals surface area contributed by atoms with Crippen molar-refractivity contribution in [1.82, 2.24) is 10.2 Å². The van der Waals surface area contributed by atoms with Gasteiger partial charge in [-0.3, -0.25) is 14.4 Å². The van der Waals surface area contributed by atoms with Crippen molar-refractivity contribution in [2.24, 2.45) is 0 Å². The average Bonchev–Trinajstić information content (AvgIpc) is 2.78. The quantitative estimate of drug-likeness (QED) is 0.197. The number of carbonyl (C=O) groups is 3. The van der Waals surface area contributed by atoms with Crippen molar-refractivity contribution in [2.75, 3.05) is 19.7 Å². The van der Waals surface area contributed by atoms with Crippen LogP contribution in [0.5, 0.6) is 0 Å². The maximum atomic E-state index is 12.9. The molecule has 1 fully saturated rings. The van der Waals surface area contributed by atoms with Crippen LogP contribution in [0.2, 0.25) is 0 Å². The van der Waals surface area contributed by atoms with Gasteiger partial charge in [-0.05, 0) is 47.2 Å². The largest absolute Gasteiger partial charge is 0.466 e. The summed E-state index contributed by atoms with van der Waals surface area (Å²) in [5.41, 5.74) is 0.523. The highest BCUT2D eigenvalue weighted by atomic mass is 127. The summed E-state index contributed by atoms with van der Waals surface area (Å²) in [6.45, 7) is 3.37. The Balaban J connectivity index is 1.69. The van der Waals surface area contributed by atoms with Crippen molar-refractivity contribution in [2.45, 2.75) is 83.6 Å². The molecule has 1 unspecified atom stereocenters. The van der Waals surface area contributed by atoms with Crippen molar-refractivity contribution in [3.05, 3.63) is 33.4 Å². The molecule has 6 nitrogen and oxygen atoms in total. The second-order valence-corrected chi connectivity index (χ2v) is 9.67. The normalized spacial score (nSPS) is 16.0. The Bertz CT molecular complexity index is 740. The molecule has 0 saturated carbocycles. The third-order valence-corrected chi connectivity index (χ3v) is 6.46. The number of unbranched alkanes of at least 4 members (excludes halogenated alkanes) is 9. The van der Waals surface area contributed by atoms with E-state index >= 15 is 0 Å². The minimum atomic E-state index is -0.825. The van der Waals surface area contributed by atoms with Crippen molar-refractivity contribution < 1.29 is 19.1 Å². The van der Waals surface area contributed by atoms with Crippen LogP contribution in [0.3, 0.4) is 0 Å². The van der Waals surface area contributed by atoms with Crippen LogP contribution in [0.15, 0.2) is 24.3 Å². The number of carbonyl (C=O) groups excluding carboxylic acids is 3. The molecule has 2 amide bonds. The summed E-state index contributed by atoms with van der Waals surface area (Å²) in [5, 5.41) is 2.75. The number of benzene rings is 1. The molecule has 1 aliphatic rings. The Morgan fingerprint density at radius 3 is 2.38 bits per heavy atom. The first-order chi connectivity index (χ1) is 15.5. The Kier molecular flexibility index (Phi) is 12.7. The van der Waals surface area contributed by atoms with Gasteiger partial charge in [0.25, 0.3) is 5.91 Å². The molecule has 2 rings (SSSR count). The molecule has 32 heavy (non-hydrogen) atoms. The zero-order valence-corrected chi connectivity index (χ0v) is 21.4. The van der Waals surface area contributed by atoms with E-state index in [0.29, 0.717) is 25.3 Å². The van der Waals surface area contributed by atoms with Gasteiger partial charge in [0.05, 0.1) is 13.0 Å². The van der Waals surface area contributed by atoms with Gasteiger partial charge in [0.15, 0.2) is 0 Å². The maximum Gasteiger partial charge on any atom is 0.308 e. The fourth-order valence-electron chi connectivity index (χ4n) is 3.94. The average molecular weight is 556 g/mol. The molecule has 178 valence electrons. The van der Waals surface area contributed by atoms with E-state index in [9.17, 15) is 14.4 Å². The number of ether oxygens (including phenoxy) is 1. The van der Waals surface area contributed by atoms with Crippen molar-refractivity contribution in [3.63, 3.8) is 0 Å². The van der Waals surface area contributed by atoms with E-state index in [4.69, 9.17) is 4.74 Å². The molecule has 1 aromatic carbocycles. The van der Waals surface area contributed by atoms with Gasteiger partial charge in [0, 0.05) is 22.2 Å². The van der Waals surface area contributed by atoms with Crippen LogP contribution in [0.1, 0.15) is 87.9 Å². The number of piperazine rings is 1. The van der Waals surface area contributed by atoms with Crippen LogP contribution in [-0.2, 0) is 14.3 Å². The summed E-state index contributed by atoms with van der Waals surface area (Å²) < 4.78 is 6.31. The number of rotatable bonds is 14. The second kappa shape index (κ2) is 15.2. The minimum absolute atomic E-state index is 0.112. The predicted molar refractivity (Wildman–Crippen MR) is 134 cm³/mol. The molecule has 0 aliphatic carbocycles. The van der Waals surface area contributed by atoms with E-state index in [1.807, 2.05) is 12.1 Å². The highest BCUT2D eigenvalue weighted by molar-refractivity contribution is 14.1. The highest BCUT2D eigenvalue weighted by Crippen LogP contribution is 2.17. The summed E-state index contributed by atoms with van der Waals surface area (Å²) >= 11 is 2.15. The first-order valence-corrected chi connectivity index (χ1v) is 13.1. The van der Waals surface area contributed by atoms with E-state index in [-0.39, 0.29) is 18.2 Å². The number of nitrogens with zero attached hydrogens (tertiary/aromatic N) is 1. The van der Waals surface area contributed by atoms with Crippen LogP contribution in [0.25, 0.3) is 0 Å². The lowest BCUT2D eigenvalue weighted by molar-refractivity contribution is -0.147. The smallest absolute Gasteiger partial charge is 0.308 e. The molecule has 1 N–H and O–H groups in total. The first-order valence-electron chi connectivity index (χ1n) is 12.0. The predicted octanol–water partition coefficient (Wildman–Crippen LogP) is 5.09. The van der Waals surface area contributed by atoms with E-state index < -0.39 is 12.0 Å². The van der Waals surface area contributed by atoms with Gasteiger partial charge < -0.3 is 15.0 Å². The Morgan fingerprint density at radius 2 is 1.72 bits per heavy atom. The SMILES string of the molecule is CCCCCCCCCCCCOC(=O)CC1C(=O)NCCN1C(=O)c1cccc(I)c1. The number of amides is 2. The van der Waals surface area contributed by atoms with Crippen molar-refractivity contribution in [3.8, 4) is 0 Å². The summed E-state index contributed by atoms with van der Waals surface area (Å²) in [7, 11) is 0. The first kappa shape index (κ1) is 26.6. The lowest BCUT2D eigenvalue weighted by Crippen LogP contribution is -2.57. The Labute approximate surface area is 206 Å². The number of esters is 1. The molecule has 0 radical (unpaired) electrons. The third-order valence-electron chi connectivity index (χ3n) is 5.78.